The van der Waals surface area contributed by atoms with E-state index in [1.165, 1.54) is 12.1 Å². The molecule has 1 heterocycles. The summed E-state index contributed by atoms with van der Waals surface area (Å²) in [6.45, 7) is 2.08. The average Bonchev–Trinajstić information content (AvgIpc) is 3.07. The summed E-state index contributed by atoms with van der Waals surface area (Å²) in [4.78, 5) is 12.2. The second kappa shape index (κ2) is 6.19. The number of fused-ring (bicyclic) bond motifs is 3. The summed E-state index contributed by atoms with van der Waals surface area (Å²) >= 11 is 6.04. The number of ether oxygens (including phenoxy) is 1. The first kappa shape index (κ1) is 16.2. The first-order valence-electron chi connectivity index (χ1n) is 8.19. The molecule has 0 spiro atoms. The van der Waals surface area contributed by atoms with Crippen LogP contribution in [0.3, 0.4) is 0 Å². The van der Waals surface area contributed by atoms with Crippen LogP contribution in [0.5, 0.6) is 5.75 Å². The first-order chi connectivity index (χ1) is 12.0. The molecule has 0 unspecified atom stereocenters. The normalized spacial score (nSPS) is 13.2. The molecule has 0 saturated carbocycles. The van der Waals surface area contributed by atoms with Gasteiger partial charge in [-0.1, -0.05) is 17.7 Å². The number of benzene rings is 2. The van der Waals surface area contributed by atoms with Crippen molar-refractivity contribution in [2.24, 2.45) is 0 Å². The molecule has 0 radical (unpaired) electrons. The van der Waals surface area contributed by atoms with Gasteiger partial charge in [0.05, 0.1) is 5.02 Å². The molecule has 1 aliphatic carbocycles. The lowest BCUT2D eigenvalue weighted by atomic mass is 10.0. The van der Waals surface area contributed by atoms with Gasteiger partial charge in [-0.3, -0.25) is 0 Å². The van der Waals surface area contributed by atoms with Crippen molar-refractivity contribution in [3.63, 3.8) is 0 Å². The highest BCUT2D eigenvalue weighted by molar-refractivity contribution is 6.31. The molecule has 25 heavy (non-hydrogen) atoms. The van der Waals surface area contributed by atoms with E-state index in [0.717, 1.165) is 41.3 Å². The SMILES string of the molecule is Cc1c(OCc2ccc(F)cc2Cl)ccc2c3c(c(=O)oc12)CCC3. The van der Waals surface area contributed by atoms with Crippen LogP contribution in [0.1, 0.15) is 28.7 Å². The minimum atomic E-state index is -0.383. The molecule has 0 fully saturated rings. The summed E-state index contributed by atoms with van der Waals surface area (Å²) in [5, 5.41) is 1.31. The Labute approximate surface area is 149 Å². The van der Waals surface area contributed by atoms with Crippen LogP contribution in [0.15, 0.2) is 39.5 Å². The van der Waals surface area contributed by atoms with Gasteiger partial charge in [-0.25, -0.2) is 9.18 Å². The molecule has 0 N–H and O–H groups in total. The van der Waals surface area contributed by atoms with E-state index in [1.807, 2.05) is 19.1 Å². The quantitative estimate of drug-likeness (QED) is 0.621. The van der Waals surface area contributed by atoms with E-state index in [1.54, 1.807) is 6.07 Å². The molecule has 4 rings (SSSR count). The van der Waals surface area contributed by atoms with E-state index in [2.05, 4.69) is 0 Å². The number of aryl methyl sites for hydroxylation is 2. The zero-order chi connectivity index (χ0) is 17.6. The Bertz CT molecular complexity index is 1040. The summed E-state index contributed by atoms with van der Waals surface area (Å²) < 4.78 is 24.5. The third-order valence-corrected chi connectivity index (χ3v) is 5.09. The summed E-state index contributed by atoms with van der Waals surface area (Å²) in [6, 6.07) is 8.03. The van der Waals surface area contributed by atoms with Gasteiger partial charge in [0.1, 0.15) is 23.8 Å². The Kier molecular flexibility index (Phi) is 4.00. The van der Waals surface area contributed by atoms with Crippen molar-refractivity contribution in [3.8, 4) is 5.75 Å². The predicted molar refractivity (Wildman–Crippen MR) is 95.0 cm³/mol. The van der Waals surface area contributed by atoms with Crippen LogP contribution in [0.2, 0.25) is 5.02 Å². The molecule has 0 aliphatic heterocycles. The van der Waals surface area contributed by atoms with Crippen LogP contribution in [0, 0.1) is 12.7 Å². The monoisotopic (exact) mass is 358 g/mol. The minimum absolute atomic E-state index is 0.209. The second-order valence-corrected chi connectivity index (χ2v) is 6.70. The Morgan fingerprint density at radius 2 is 2.00 bits per heavy atom. The van der Waals surface area contributed by atoms with Gasteiger partial charge < -0.3 is 9.15 Å². The number of hydrogen-bond acceptors (Lipinski definition) is 3. The van der Waals surface area contributed by atoms with Gasteiger partial charge in [-0.05, 0) is 56.0 Å². The Balaban J connectivity index is 1.70. The molecule has 0 saturated heterocycles. The van der Waals surface area contributed by atoms with Crippen LogP contribution in [0.4, 0.5) is 4.39 Å². The molecule has 5 heteroatoms. The largest absolute Gasteiger partial charge is 0.488 e. The van der Waals surface area contributed by atoms with E-state index in [4.69, 9.17) is 20.8 Å². The zero-order valence-electron chi connectivity index (χ0n) is 13.7. The zero-order valence-corrected chi connectivity index (χ0v) is 14.5. The molecule has 128 valence electrons. The molecule has 0 amide bonds. The van der Waals surface area contributed by atoms with Gasteiger partial charge in [0.15, 0.2) is 0 Å². The second-order valence-electron chi connectivity index (χ2n) is 6.29. The summed E-state index contributed by atoms with van der Waals surface area (Å²) in [5.74, 6) is 0.236. The van der Waals surface area contributed by atoms with Gasteiger partial charge in [-0.15, -0.1) is 0 Å². The van der Waals surface area contributed by atoms with Crippen LogP contribution >= 0.6 is 11.6 Å². The summed E-state index contributed by atoms with van der Waals surface area (Å²) in [6.07, 6.45) is 2.68. The molecular weight excluding hydrogens is 343 g/mol. The molecule has 0 atom stereocenters. The smallest absolute Gasteiger partial charge is 0.339 e. The first-order valence-corrected chi connectivity index (χ1v) is 8.57. The van der Waals surface area contributed by atoms with Crippen LogP contribution in [-0.4, -0.2) is 0 Å². The Morgan fingerprint density at radius 3 is 2.80 bits per heavy atom. The van der Waals surface area contributed by atoms with Crippen molar-refractivity contribution in [2.75, 3.05) is 0 Å². The van der Waals surface area contributed by atoms with Crippen LogP contribution < -0.4 is 10.4 Å². The van der Waals surface area contributed by atoms with Crippen molar-refractivity contribution >= 4 is 22.6 Å². The molecule has 1 aliphatic rings. The standard InChI is InChI=1S/C20H16ClFO3/c1-11-18(24-10-12-5-6-13(22)9-17(12)21)8-7-15-14-3-2-4-16(14)20(23)25-19(11)15/h5-9H,2-4,10H2,1H3. The number of halogens is 2. The van der Waals surface area contributed by atoms with E-state index in [0.29, 0.717) is 21.9 Å². The fourth-order valence-corrected chi connectivity index (χ4v) is 3.64. The molecular formula is C20H16ClFO3. The van der Waals surface area contributed by atoms with Crippen molar-refractivity contribution in [1.29, 1.82) is 0 Å². The fraction of sp³-hybridized carbons (Fsp3) is 0.250. The van der Waals surface area contributed by atoms with E-state index >= 15 is 0 Å². The van der Waals surface area contributed by atoms with Gasteiger partial charge >= 0.3 is 5.63 Å². The minimum Gasteiger partial charge on any atom is -0.488 e. The summed E-state index contributed by atoms with van der Waals surface area (Å²) in [7, 11) is 0. The molecule has 3 nitrogen and oxygen atoms in total. The van der Waals surface area contributed by atoms with Gasteiger partial charge in [0.2, 0.25) is 0 Å². The van der Waals surface area contributed by atoms with E-state index in [-0.39, 0.29) is 18.0 Å². The Morgan fingerprint density at radius 1 is 1.20 bits per heavy atom. The molecule has 2 aromatic carbocycles. The maximum Gasteiger partial charge on any atom is 0.339 e. The highest BCUT2D eigenvalue weighted by atomic mass is 35.5. The van der Waals surface area contributed by atoms with E-state index < -0.39 is 0 Å². The van der Waals surface area contributed by atoms with Crippen LogP contribution in [0.25, 0.3) is 11.0 Å². The lowest BCUT2D eigenvalue weighted by molar-refractivity contribution is 0.304. The van der Waals surface area contributed by atoms with Crippen molar-refractivity contribution < 1.29 is 13.5 Å². The molecule has 1 aromatic heterocycles. The van der Waals surface area contributed by atoms with Crippen molar-refractivity contribution in [1.82, 2.24) is 0 Å². The topological polar surface area (TPSA) is 39.4 Å². The molecule has 3 aromatic rings. The fourth-order valence-electron chi connectivity index (χ4n) is 3.41. The maximum atomic E-state index is 13.1. The average molecular weight is 359 g/mol. The van der Waals surface area contributed by atoms with Crippen molar-refractivity contribution in [3.05, 3.63) is 73.8 Å². The van der Waals surface area contributed by atoms with Crippen molar-refractivity contribution in [2.45, 2.75) is 32.8 Å². The van der Waals surface area contributed by atoms with Crippen LogP contribution in [-0.2, 0) is 19.4 Å². The molecule has 0 bridgehead atoms. The predicted octanol–water partition coefficient (Wildman–Crippen LogP) is 4.96. The third kappa shape index (κ3) is 2.81. The highest BCUT2D eigenvalue weighted by Crippen LogP contribution is 2.33. The Hall–Kier alpha value is -2.33. The lowest BCUT2D eigenvalue weighted by Crippen LogP contribution is -2.08. The van der Waals surface area contributed by atoms with E-state index in [9.17, 15) is 9.18 Å². The third-order valence-electron chi connectivity index (χ3n) is 4.74. The number of rotatable bonds is 3. The maximum absolute atomic E-state index is 13.1. The van der Waals surface area contributed by atoms with Gasteiger partial charge in [0.25, 0.3) is 0 Å². The highest BCUT2D eigenvalue weighted by Gasteiger charge is 2.21. The van der Waals surface area contributed by atoms with Gasteiger partial charge in [0, 0.05) is 22.1 Å². The van der Waals surface area contributed by atoms with Gasteiger partial charge in [-0.2, -0.15) is 0 Å². The number of hydrogen-bond donors (Lipinski definition) is 0. The lowest BCUT2D eigenvalue weighted by Gasteiger charge is -2.13. The summed E-state index contributed by atoms with van der Waals surface area (Å²) in [5.41, 5.74) is 3.71.